The molecule has 2 heterocycles. The lowest BCUT2D eigenvalue weighted by Crippen LogP contribution is -2.04. The third-order valence-corrected chi connectivity index (χ3v) is 14.5. The number of rotatable bonds is 5. The van der Waals surface area contributed by atoms with E-state index in [1.807, 2.05) is 22.7 Å². The zero-order valence-corrected chi connectivity index (χ0v) is 29.3. The lowest BCUT2D eigenvalue weighted by atomic mass is 9.83. The predicted molar refractivity (Wildman–Crippen MR) is 207 cm³/mol. The summed E-state index contributed by atoms with van der Waals surface area (Å²) in [7, 11) is 0. The summed E-state index contributed by atoms with van der Waals surface area (Å²) >= 11 is 3.87. The van der Waals surface area contributed by atoms with Crippen LogP contribution >= 0.6 is 22.7 Å². The molecule has 4 aromatic carbocycles. The summed E-state index contributed by atoms with van der Waals surface area (Å²) in [5.41, 5.74) is 17.7. The first kappa shape index (κ1) is 29.2. The summed E-state index contributed by atoms with van der Waals surface area (Å²) in [6.07, 6.45) is 16.0. The lowest BCUT2D eigenvalue weighted by molar-refractivity contribution is 0.443. The molecule has 0 amide bonds. The summed E-state index contributed by atoms with van der Waals surface area (Å²) in [5, 5.41) is 0. The molecule has 6 aromatic rings. The van der Waals surface area contributed by atoms with Crippen LogP contribution < -0.4 is 0 Å². The zero-order valence-electron chi connectivity index (χ0n) is 27.7. The van der Waals surface area contributed by atoms with E-state index in [9.17, 15) is 0 Å². The molecule has 4 aliphatic rings. The second-order valence-electron chi connectivity index (χ2n) is 14.9. The fourth-order valence-electron chi connectivity index (χ4n) is 9.40. The normalized spacial score (nSPS) is 17.2. The largest absolute Gasteiger partial charge is 0.134 e. The van der Waals surface area contributed by atoms with Gasteiger partial charge in [-0.3, -0.25) is 0 Å². The molecule has 4 aliphatic carbocycles. The first-order chi connectivity index (χ1) is 23.7. The number of hydrogen-bond acceptors (Lipinski definition) is 2. The molecule has 0 saturated heterocycles. The molecule has 0 radical (unpaired) electrons. The van der Waals surface area contributed by atoms with E-state index in [1.54, 1.807) is 11.1 Å². The third kappa shape index (κ3) is 5.15. The van der Waals surface area contributed by atoms with Crippen molar-refractivity contribution in [1.82, 2.24) is 0 Å². The lowest BCUT2D eigenvalue weighted by Gasteiger charge is -2.22. The number of thiophene rings is 2. The molecule has 238 valence electrons. The molecule has 2 aromatic heterocycles. The molecule has 48 heavy (non-hydrogen) atoms. The van der Waals surface area contributed by atoms with E-state index >= 15 is 0 Å². The minimum absolute atomic E-state index is 0.768. The van der Waals surface area contributed by atoms with E-state index in [0.717, 1.165) is 24.7 Å². The Morgan fingerprint density at radius 2 is 0.729 bits per heavy atom. The first-order valence-corrected chi connectivity index (χ1v) is 20.1. The molecule has 0 unspecified atom stereocenters. The molecule has 2 heteroatoms. The van der Waals surface area contributed by atoms with Crippen molar-refractivity contribution in [2.45, 2.75) is 88.9 Å². The van der Waals surface area contributed by atoms with Crippen LogP contribution in [-0.2, 0) is 12.8 Å². The van der Waals surface area contributed by atoms with Crippen molar-refractivity contribution in [3.8, 4) is 52.9 Å². The van der Waals surface area contributed by atoms with E-state index in [2.05, 4.69) is 97.1 Å². The molecule has 0 N–H and O–H groups in total. The Kier molecular flexibility index (Phi) is 7.31. The molecule has 0 aliphatic heterocycles. The maximum atomic E-state index is 2.54. The topological polar surface area (TPSA) is 0 Å². The Hall–Kier alpha value is -3.72. The second-order valence-corrected chi connectivity index (χ2v) is 17.1. The van der Waals surface area contributed by atoms with E-state index in [0.29, 0.717) is 0 Å². The van der Waals surface area contributed by atoms with Crippen molar-refractivity contribution >= 4 is 22.7 Å². The van der Waals surface area contributed by atoms with E-state index in [4.69, 9.17) is 0 Å². The summed E-state index contributed by atoms with van der Waals surface area (Å²) in [4.78, 5) is 5.46. The van der Waals surface area contributed by atoms with Crippen molar-refractivity contribution in [2.75, 3.05) is 0 Å². The van der Waals surface area contributed by atoms with Gasteiger partial charge in [-0.15, -0.1) is 22.7 Å². The quantitative estimate of drug-likeness (QED) is 0.173. The van der Waals surface area contributed by atoms with Crippen LogP contribution in [0.15, 0.2) is 97.1 Å². The highest BCUT2D eigenvalue weighted by Gasteiger charge is 2.24. The summed E-state index contributed by atoms with van der Waals surface area (Å²) in [6.45, 7) is 0. The minimum atomic E-state index is 0.768. The van der Waals surface area contributed by atoms with Crippen molar-refractivity contribution in [3.05, 3.63) is 130 Å². The van der Waals surface area contributed by atoms with Crippen LogP contribution in [0.5, 0.6) is 0 Å². The summed E-state index contributed by atoms with van der Waals surface area (Å²) in [5.74, 6) is 1.54. The van der Waals surface area contributed by atoms with Crippen LogP contribution in [0.3, 0.4) is 0 Å². The predicted octanol–water partition coefficient (Wildman–Crippen LogP) is 14.0. The Balaban J connectivity index is 0.862. The standard InChI is InChI=1S/C46H42S2/c1-3-7-29(8-4-1)31-11-15-39-35(23-31)27-37-25-33(13-17-41(37)39)43-19-21-45(47-43)46-22-20-44(48-46)34-14-18-42-38(26-34)28-36-24-32(12-16-40(36)42)30-9-5-2-6-10-30/h11-26,29-30H,1-10,27-28H2. The van der Waals surface area contributed by atoms with Gasteiger partial charge in [-0.25, -0.2) is 0 Å². The van der Waals surface area contributed by atoms with Crippen LogP contribution in [0, 0.1) is 0 Å². The summed E-state index contributed by atoms with van der Waals surface area (Å²) in [6, 6.07) is 38.5. The fourth-order valence-corrected chi connectivity index (χ4v) is 11.5. The minimum Gasteiger partial charge on any atom is -0.134 e. The van der Waals surface area contributed by atoms with Gasteiger partial charge in [0, 0.05) is 19.5 Å². The average molecular weight is 659 g/mol. The molecule has 0 bridgehead atoms. The van der Waals surface area contributed by atoms with Crippen molar-refractivity contribution in [1.29, 1.82) is 0 Å². The monoisotopic (exact) mass is 658 g/mol. The molecule has 2 saturated carbocycles. The highest BCUT2D eigenvalue weighted by Crippen LogP contribution is 2.46. The van der Waals surface area contributed by atoms with Crippen LogP contribution in [-0.4, -0.2) is 0 Å². The van der Waals surface area contributed by atoms with Crippen molar-refractivity contribution < 1.29 is 0 Å². The first-order valence-electron chi connectivity index (χ1n) is 18.5. The van der Waals surface area contributed by atoms with Gasteiger partial charge in [0.25, 0.3) is 0 Å². The average Bonchev–Trinajstić information content (AvgIpc) is 3.95. The van der Waals surface area contributed by atoms with Gasteiger partial charge in [0.1, 0.15) is 0 Å². The Morgan fingerprint density at radius 1 is 0.354 bits per heavy atom. The Labute approximate surface area is 293 Å². The summed E-state index contributed by atoms with van der Waals surface area (Å²) < 4.78 is 0. The molecule has 10 rings (SSSR count). The third-order valence-electron chi connectivity index (χ3n) is 12.0. The second kappa shape index (κ2) is 12.0. The van der Waals surface area contributed by atoms with Gasteiger partial charge in [0.15, 0.2) is 0 Å². The van der Waals surface area contributed by atoms with Gasteiger partial charge < -0.3 is 0 Å². The molecule has 0 nitrogen and oxygen atoms in total. The van der Waals surface area contributed by atoms with Crippen molar-refractivity contribution in [3.63, 3.8) is 0 Å². The van der Waals surface area contributed by atoms with Gasteiger partial charge in [0.05, 0.1) is 0 Å². The van der Waals surface area contributed by atoms with Crippen LogP contribution in [0.2, 0.25) is 0 Å². The highest BCUT2D eigenvalue weighted by molar-refractivity contribution is 7.25. The van der Waals surface area contributed by atoms with Gasteiger partial charge in [0.2, 0.25) is 0 Å². The van der Waals surface area contributed by atoms with Crippen LogP contribution in [0.1, 0.15) is 109 Å². The molecule has 0 spiro atoms. The van der Waals surface area contributed by atoms with E-state index < -0.39 is 0 Å². The number of hydrogen-bond donors (Lipinski definition) is 0. The Bertz CT molecular complexity index is 2010. The molecular weight excluding hydrogens is 617 g/mol. The van der Waals surface area contributed by atoms with Gasteiger partial charge in [-0.1, -0.05) is 99.2 Å². The highest BCUT2D eigenvalue weighted by atomic mass is 32.1. The maximum absolute atomic E-state index is 2.54. The maximum Gasteiger partial charge on any atom is 0.0449 e. The van der Waals surface area contributed by atoms with Gasteiger partial charge >= 0.3 is 0 Å². The number of benzene rings is 4. The number of fused-ring (bicyclic) bond motifs is 6. The SMILES string of the molecule is c1cc2c(cc1-c1ccc(-c3ccc(-c4ccc5c(c4)Cc4cc(C6CCCCC6)ccc4-5)s3)s1)Cc1cc(C3CCCCC3)ccc1-2. The smallest absolute Gasteiger partial charge is 0.0449 e. The van der Waals surface area contributed by atoms with Crippen LogP contribution in [0.25, 0.3) is 52.9 Å². The molecular formula is C46H42S2. The van der Waals surface area contributed by atoms with Gasteiger partial charge in [-0.2, -0.15) is 0 Å². The van der Waals surface area contributed by atoms with Crippen molar-refractivity contribution in [2.24, 2.45) is 0 Å². The fraction of sp³-hybridized carbons (Fsp3) is 0.304. The van der Waals surface area contributed by atoms with Gasteiger partial charge in [-0.05, 0) is 154 Å². The zero-order chi connectivity index (χ0) is 31.6. The van der Waals surface area contributed by atoms with Crippen LogP contribution in [0.4, 0.5) is 0 Å². The Morgan fingerprint density at radius 3 is 1.17 bits per heavy atom. The molecule has 2 fully saturated rings. The molecule has 0 atom stereocenters. The van der Waals surface area contributed by atoms with E-state index in [1.165, 1.54) is 139 Å². The van der Waals surface area contributed by atoms with E-state index in [-0.39, 0.29) is 0 Å².